The van der Waals surface area contributed by atoms with Crippen molar-refractivity contribution in [1.82, 2.24) is 14.8 Å². The first-order chi connectivity index (χ1) is 15.5. The van der Waals surface area contributed by atoms with Crippen molar-refractivity contribution in [2.24, 2.45) is 0 Å². The molecular weight excluding hydrogens is 463 g/mol. The first kappa shape index (κ1) is 22.4. The maximum absolute atomic E-state index is 12.7. The zero-order chi connectivity index (χ0) is 22.5. The van der Waals surface area contributed by atoms with Crippen molar-refractivity contribution in [1.29, 1.82) is 0 Å². The average Bonchev–Trinajstić information content (AvgIpc) is 3.11. The Labute approximate surface area is 200 Å². The quantitative estimate of drug-likeness (QED) is 0.336. The normalized spacial score (nSPS) is 10.8. The van der Waals surface area contributed by atoms with Crippen LogP contribution in [0.5, 0.6) is 0 Å². The van der Waals surface area contributed by atoms with Gasteiger partial charge in [-0.2, -0.15) is 4.98 Å². The van der Waals surface area contributed by atoms with Crippen molar-refractivity contribution in [2.45, 2.75) is 29.9 Å². The Morgan fingerprint density at radius 2 is 1.72 bits per heavy atom. The number of hydrogen-bond acceptors (Lipinski definition) is 4. The molecule has 0 atom stereocenters. The topological polar surface area (TPSA) is 59.8 Å². The van der Waals surface area contributed by atoms with Gasteiger partial charge in [0.2, 0.25) is 11.2 Å². The summed E-state index contributed by atoms with van der Waals surface area (Å²) in [6.45, 7) is 2.50. The number of para-hydroxylation sites is 1. The summed E-state index contributed by atoms with van der Waals surface area (Å²) in [5.41, 5.74) is 3.84. The molecular formula is C24H20Cl2N4OS. The molecule has 0 saturated carbocycles. The van der Waals surface area contributed by atoms with Crippen molar-refractivity contribution in [3.63, 3.8) is 0 Å². The van der Waals surface area contributed by atoms with Gasteiger partial charge in [-0.05, 0) is 71.2 Å². The number of nitrogens with zero attached hydrogens (tertiary/aromatic N) is 3. The van der Waals surface area contributed by atoms with E-state index in [2.05, 4.69) is 15.4 Å². The number of aryl methyl sites for hydroxylation is 1. The summed E-state index contributed by atoms with van der Waals surface area (Å²) < 4.78 is 1.74. The maximum atomic E-state index is 12.7. The van der Waals surface area contributed by atoms with Gasteiger partial charge in [-0.3, -0.25) is 4.79 Å². The zero-order valence-corrected chi connectivity index (χ0v) is 19.6. The maximum Gasteiger partial charge on any atom is 0.243 e. The fraction of sp³-hybridized carbons (Fsp3) is 0.125. The number of benzene rings is 3. The lowest BCUT2D eigenvalue weighted by Gasteiger charge is -2.12. The third kappa shape index (κ3) is 5.71. The van der Waals surface area contributed by atoms with Gasteiger partial charge in [0.05, 0.1) is 18.7 Å². The molecule has 1 heterocycles. The van der Waals surface area contributed by atoms with Crippen LogP contribution in [0.3, 0.4) is 0 Å². The summed E-state index contributed by atoms with van der Waals surface area (Å²) in [7, 11) is 0. The van der Waals surface area contributed by atoms with Gasteiger partial charge in [0.1, 0.15) is 0 Å². The second-order valence-corrected chi connectivity index (χ2v) is 8.98. The van der Waals surface area contributed by atoms with Gasteiger partial charge in [-0.1, -0.05) is 60.1 Å². The van der Waals surface area contributed by atoms with E-state index in [-0.39, 0.29) is 11.2 Å². The van der Waals surface area contributed by atoms with Crippen molar-refractivity contribution < 1.29 is 4.79 Å². The summed E-state index contributed by atoms with van der Waals surface area (Å²) in [6.07, 6.45) is 0.310. The van der Waals surface area contributed by atoms with Crippen LogP contribution in [0.4, 0.5) is 5.69 Å². The molecule has 0 aliphatic rings. The highest BCUT2D eigenvalue weighted by atomic mass is 35.5. The van der Waals surface area contributed by atoms with Crippen LogP contribution < -0.4 is 5.32 Å². The van der Waals surface area contributed by atoms with Crippen LogP contribution in [0.2, 0.25) is 10.3 Å². The van der Waals surface area contributed by atoms with Crippen molar-refractivity contribution in [3.05, 3.63) is 99.8 Å². The molecule has 1 amide bonds. The first-order valence-electron chi connectivity index (χ1n) is 9.94. The van der Waals surface area contributed by atoms with Crippen LogP contribution in [-0.2, 0) is 17.8 Å². The molecule has 4 rings (SSSR count). The molecule has 3 aromatic carbocycles. The summed E-state index contributed by atoms with van der Waals surface area (Å²) in [5, 5.41) is 8.81. The van der Waals surface area contributed by atoms with Gasteiger partial charge in [0.15, 0.2) is 5.16 Å². The third-order valence-corrected chi connectivity index (χ3v) is 6.30. The molecule has 1 aromatic heterocycles. The molecule has 162 valence electrons. The summed E-state index contributed by atoms with van der Waals surface area (Å²) in [6, 6.07) is 23.0. The van der Waals surface area contributed by atoms with E-state index in [1.807, 2.05) is 79.7 Å². The third-order valence-electron chi connectivity index (χ3n) is 4.83. The predicted molar refractivity (Wildman–Crippen MR) is 130 cm³/mol. The molecule has 0 bridgehead atoms. The van der Waals surface area contributed by atoms with E-state index in [1.165, 1.54) is 11.8 Å². The molecule has 0 radical (unpaired) electrons. The van der Waals surface area contributed by atoms with Gasteiger partial charge >= 0.3 is 0 Å². The number of carbonyl (C=O) groups is 1. The Kier molecular flexibility index (Phi) is 7.15. The molecule has 0 aliphatic carbocycles. The molecule has 4 aromatic rings. The average molecular weight is 483 g/mol. The molecule has 0 saturated heterocycles. The van der Waals surface area contributed by atoms with E-state index in [0.717, 1.165) is 21.6 Å². The van der Waals surface area contributed by atoms with E-state index in [1.54, 1.807) is 4.68 Å². The minimum Gasteiger partial charge on any atom is -0.325 e. The van der Waals surface area contributed by atoms with E-state index < -0.39 is 0 Å². The second kappa shape index (κ2) is 10.2. The SMILES string of the molecule is Cc1ccccc1CC(=O)Nc1ccccc1Sc1nc(Cl)nn1Cc1ccc(Cl)cc1. The molecule has 8 heteroatoms. The Balaban J connectivity index is 1.52. The zero-order valence-electron chi connectivity index (χ0n) is 17.3. The number of rotatable bonds is 7. The van der Waals surface area contributed by atoms with Gasteiger partial charge in [-0.25, -0.2) is 4.68 Å². The molecule has 0 fully saturated rings. The lowest BCUT2D eigenvalue weighted by molar-refractivity contribution is -0.115. The highest BCUT2D eigenvalue weighted by Crippen LogP contribution is 2.33. The molecule has 0 unspecified atom stereocenters. The van der Waals surface area contributed by atoms with Crippen molar-refractivity contribution in [2.75, 3.05) is 5.32 Å². The number of hydrogen-bond donors (Lipinski definition) is 1. The smallest absolute Gasteiger partial charge is 0.243 e. The minimum atomic E-state index is -0.0759. The highest BCUT2D eigenvalue weighted by Gasteiger charge is 2.15. The van der Waals surface area contributed by atoms with Crippen LogP contribution in [0.1, 0.15) is 16.7 Å². The van der Waals surface area contributed by atoms with Gasteiger partial charge in [-0.15, -0.1) is 5.10 Å². The monoisotopic (exact) mass is 482 g/mol. The summed E-state index contributed by atoms with van der Waals surface area (Å²) in [4.78, 5) is 17.9. The van der Waals surface area contributed by atoms with Crippen LogP contribution in [0, 0.1) is 6.92 Å². The molecule has 32 heavy (non-hydrogen) atoms. The molecule has 5 nitrogen and oxygen atoms in total. The lowest BCUT2D eigenvalue weighted by atomic mass is 10.1. The van der Waals surface area contributed by atoms with E-state index in [4.69, 9.17) is 23.2 Å². The van der Waals surface area contributed by atoms with Crippen molar-refractivity contribution >= 4 is 46.6 Å². The molecule has 1 N–H and O–H groups in total. The van der Waals surface area contributed by atoms with Gasteiger partial charge in [0.25, 0.3) is 0 Å². The second-order valence-electron chi connectivity index (χ2n) is 7.20. The lowest BCUT2D eigenvalue weighted by Crippen LogP contribution is -2.15. The van der Waals surface area contributed by atoms with Crippen LogP contribution in [-0.4, -0.2) is 20.7 Å². The Morgan fingerprint density at radius 3 is 2.50 bits per heavy atom. The highest BCUT2D eigenvalue weighted by molar-refractivity contribution is 7.99. The number of aromatic nitrogens is 3. The fourth-order valence-electron chi connectivity index (χ4n) is 3.18. The van der Waals surface area contributed by atoms with Crippen LogP contribution in [0.15, 0.2) is 82.8 Å². The minimum absolute atomic E-state index is 0.0759. The Bertz CT molecular complexity index is 1240. The Hall–Kier alpha value is -2.80. The number of carbonyl (C=O) groups excluding carboxylic acids is 1. The molecule has 0 aliphatic heterocycles. The summed E-state index contributed by atoms with van der Waals surface area (Å²) >= 11 is 13.5. The van der Waals surface area contributed by atoms with E-state index in [0.29, 0.717) is 28.8 Å². The van der Waals surface area contributed by atoms with E-state index >= 15 is 0 Å². The van der Waals surface area contributed by atoms with Crippen molar-refractivity contribution in [3.8, 4) is 0 Å². The Morgan fingerprint density at radius 1 is 1.00 bits per heavy atom. The first-order valence-corrected chi connectivity index (χ1v) is 11.5. The predicted octanol–water partition coefficient (Wildman–Crippen LogP) is 6.27. The number of anilines is 1. The molecule has 0 spiro atoms. The number of halogens is 2. The number of amides is 1. The van der Waals surface area contributed by atoms with Gasteiger partial charge in [0, 0.05) is 9.92 Å². The summed E-state index contributed by atoms with van der Waals surface area (Å²) in [5.74, 6) is -0.0759. The fourth-order valence-corrected chi connectivity index (χ4v) is 4.44. The number of nitrogens with one attached hydrogen (secondary N) is 1. The largest absolute Gasteiger partial charge is 0.325 e. The van der Waals surface area contributed by atoms with Crippen LogP contribution >= 0.6 is 35.0 Å². The van der Waals surface area contributed by atoms with Gasteiger partial charge < -0.3 is 5.32 Å². The van der Waals surface area contributed by atoms with Crippen LogP contribution in [0.25, 0.3) is 0 Å². The van der Waals surface area contributed by atoms with E-state index in [9.17, 15) is 4.79 Å². The standard InChI is InChI=1S/C24H20Cl2N4OS/c1-16-6-2-3-7-18(16)14-22(31)27-20-8-4-5-9-21(20)32-24-28-23(26)29-30(24)15-17-10-12-19(25)13-11-17/h2-13H,14-15H2,1H3,(H,27,31).